The van der Waals surface area contributed by atoms with Crippen LogP contribution in [0.5, 0.6) is 5.75 Å². The van der Waals surface area contributed by atoms with Crippen molar-refractivity contribution in [2.24, 2.45) is 5.41 Å². The lowest BCUT2D eigenvalue weighted by Gasteiger charge is -2.46. The van der Waals surface area contributed by atoms with E-state index in [-0.39, 0.29) is 16.4 Å². The first-order valence-electron chi connectivity index (χ1n) is 11.9. The summed E-state index contributed by atoms with van der Waals surface area (Å²) in [6, 6.07) is 11.8. The molecule has 1 fully saturated rings. The molecule has 36 heavy (non-hydrogen) atoms. The minimum atomic E-state index is -4.02. The number of rotatable bonds is 3. The molecule has 5 rings (SSSR count). The second-order valence-corrected chi connectivity index (χ2v) is 12.2. The molecule has 3 heterocycles. The standard InChI is InChI=1S/C25H31N5O5S/c1-25(2,3)22-16-28(11-12-29(22)24(31)32)23-18-7-5-6-8-19(18)30(26-23)36(33,34)17-9-10-20-21(15-17)35-14-13-27(20)4/h5-10,15,22H,11-14,16H2,1-4H3,(H,31,32). The number of likely N-dealkylation sites (N-methyl/N-ethyl adjacent to an activating group) is 1. The fourth-order valence-electron chi connectivity index (χ4n) is 4.98. The summed E-state index contributed by atoms with van der Waals surface area (Å²) >= 11 is 0. The molecule has 1 saturated heterocycles. The Bertz CT molecular complexity index is 1430. The van der Waals surface area contributed by atoms with Gasteiger partial charge in [0.25, 0.3) is 10.0 Å². The van der Waals surface area contributed by atoms with Gasteiger partial charge in [0.05, 0.1) is 28.7 Å². The van der Waals surface area contributed by atoms with E-state index in [1.165, 1.54) is 4.90 Å². The fraction of sp³-hybridized carbons (Fsp3) is 0.440. The predicted molar refractivity (Wildman–Crippen MR) is 138 cm³/mol. The molecular formula is C25H31N5O5S. The number of fused-ring (bicyclic) bond motifs is 2. The highest BCUT2D eigenvalue weighted by Crippen LogP contribution is 2.36. The summed E-state index contributed by atoms with van der Waals surface area (Å²) in [5.41, 5.74) is 1.00. The molecule has 1 unspecified atom stereocenters. The number of anilines is 2. The molecule has 0 radical (unpaired) electrons. The lowest BCUT2D eigenvalue weighted by atomic mass is 9.84. The largest absolute Gasteiger partial charge is 0.490 e. The lowest BCUT2D eigenvalue weighted by Crippen LogP contribution is -2.59. The topological polar surface area (TPSA) is 108 Å². The molecule has 2 aliphatic heterocycles. The van der Waals surface area contributed by atoms with E-state index < -0.39 is 16.1 Å². The lowest BCUT2D eigenvalue weighted by molar-refractivity contribution is 0.0747. The van der Waals surface area contributed by atoms with Crippen LogP contribution in [0.15, 0.2) is 47.4 Å². The first-order valence-corrected chi connectivity index (χ1v) is 13.4. The summed E-state index contributed by atoms with van der Waals surface area (Å²) in [5.74, 6) is 1.06. The van der Waals surface area contributed by atoms with Crippen molar-refractivity contribution in [3.05, 3.63) is 42.5 Å². The second-order valence-electron chi connectivity index (χ2n) is 10.4. The number of amides is 1. The summed E-state index contributed by atoms with van der Waals surface area (Å²) in [6.45, 7) is 8.38. The van der Waals surface area contributed by atoms with Gasteiger partial charge in [0.15, 0.2) is 5.82 Å². The molecule has 0 aliphatic carbocycles. The first-order chi connectivity index (χ1) is 17.0. The summed E-state index contributed by atoms with van der Waals surface area (Å²) < 4.78 is 34.4. The number of hydrogen-bond donors (Lipinski definition) is 1. The maximum atomic E-state index is 13.8. The van der Waals surface area contributed by atoms with Gasteiger partial charge in [-0.15, -0.1) is 5.10 Å². The molecule has 1 aromatic heterocycles. The van der Waals surface area contributed by atoms with E-state index in [4.69, 9.17) is 4.74 Å². The van der Waals surface area contributed by atoms with Crippen LogP contribution in [-0.2, 0) is 10.0 Å². The van der Waals surface area contributed by atoms with Gasteiger partial charge in [0.2, 0.25) is 0 Å². The molecule has 1 amide bonds. The molecular weight excluding hydrogens is 482 g/mol. The van der Waals surface area contributed by atoms with Crippen molar-refractivity contribution >= 4 is 38.5 Å². The maximum absolute atomic E-state index is 13.8. The smallest absolute Gasteiger partial charge is 0.407 e. The number of benzene rings is 2. The van der Waals surface area contributed by atoms with Gasteiger partial charge in [-0.2, -0.15) is 12.5 Å². The Balaban J connectivity index is 1.57. The summed E-state index contributed by atoms with van der Waals surface area (Å²) in [7, 11) is -2.08. The average Bonchev–Trinajstić information content (AvgIpc) is 3.23. The van der Waals surface area contributed by atoms with Gasteiger partial charge in [-0.25, -0.2) is 4.79 Å². The first kappa shape index (κ1) is 24.2. The highest BCUT2D eigenvalue weighted by molar-refractivity contribution is 7.90. The van der Waals surface area contributed by atoms with Crippen molar-refractivity contribution in [3.8, 4) is 5.75 Å². The zero-order valence-electron chi connectivity index (χ0n) is 20.9. The second kappa shape index (κ2) is 8.58. The summed E-state index contributed by atoms with van der Waals surface area (Å²) in [5, 5.41) is 15.0. The maximum Gasteiger partial charge on any atom is 0.407 e. The van der Waals surface area contributed by atoms with E-state index in [1.807, 2.05) is 49.8 Å². The van der Waals surface area contributed by atoms with Crippen molar-refractivity contribution in [2.45, 2.75) is 31.7 Å². The number of ether oxygens (including phenoxy) is 1. The molecule has 11 heteroatoms. The zero-order valence-corrected chi connectivity index (χ0v) is 21.7. The summed E-state index contributed by atoms with van der Waals surface area (Å²) in [4.78, 5) is 17.5. The predicted octanol–water partition coefficient (Wildman–Crippen LogP) is 3.32. The molecule has 2 aromatic carbocycles. The Morgan fingerprint density at radius 3 is 2.58 bits per heavy atom. The van der Waals surface area contributed by atoms with Crippen LogP contribution in [0.25, 0.3) is 10.9 Å². The molecule has 1 atom stereocenters. The van der Waals surface area contributed by atoms with Crippen LogP contribution < -0.4 is 14.5 Å². The van der Waals surface area contributed by atoms with Crippen molar-refractivity contribution in [1.29, 1.82) is 0 Å². The van der Waals surface area contributed by atoms with Crippen LogP contribution in [0.4, 0.5) is 16.3 Å². The van der Waals surface area contributed by atoms with E-state index >= 15 is 0 Å². The Morgan fingerprint density at radius 2 is 1.86 bits per heavy atom. The van der Waals surface area contributed by atoms with E-state index in [0.717, 1.165) is 16.3 Å². The summed E-state index contributed by atoms with van der Waals surface area (Å²) in [6.07, 6.45) is -0.951. The number of carboxylic acid groups (broad SMARTS) is 1. The third-order valence-corrected chi connectivity index (χ3v) is 8.60. The Labute approximate surface area is 210 Å². The van der Waals surface area contributed by atoms with E-state index in [2.05, 4.69) is 5.10 Å². The van der Waals surface area contributed by atoms with Crippen LogP contribution in [0.3, 0.4) is 0 Å². The van der Waals surface area contributed by atoms with Crippen LogP contribution in [0.1, 0.15) is 20.8 Å². The van der Waals surface area contributed by atoms with E-state index in [1.54, 1.807) is 30.3 Å². The molecule has 0 bridgehead atoms. The average molecular weight is 514 g/mol. The number of nitrogens with zero attached hydrogens (tertiary/aromatic N) is 5. The highest BCUT2D eigenvalue weighted by Gasteiger charge is 2.39. The minimum absolute atomic E-state index is 0.0969. The highest BCUT2D eigenvalue weighted by atomic mass is 32.2. The SMILES string of the molecule is CN1CCOc2cc(S(=O)(=O)n3nc(N4CCN(C(=O)O)C(C(C)(C)C)C4)c4ccccc43)ccc21. The quantitative estimate of drug-likeness (QED) is 0.568. The number of aromatic nitrogens is 2. The van der Waals surface area contributed by atoms with Crippen molar-refractivity contribution in [2.75, 3.05) is 49.6 Å². The molecule has 10 nitrogen and oxygen atoms in total. The third-order valence-electron chi connectivity index (χ3n) is 7.01. The molecule has 0 saturated carbocycles. The van der Waals surface area contributed by atoms with E-state index in [9.17, 15) is 18.3 Å². The van der Waals surface area contributed by atoms with Gasteiger partial charge >= 0.3 is 6.09 Å². The zero-order chi connectivity index (χ0) is 25.8. The number of hydrogen-bond acceptors (Lipinski definition) is 7. The van der Waals surface area contributed by atoms with Gasteiger partial charge in [-0.1, -0.05) is 32.9 Å². The Hall–Kier alpha value is -3.47. The normalized spacial score (nSPS) is 18.8. The number of para-hydroxylation sites is 1. The van der Waals surface area contributed by atoms with Gasteiger partial charge in [-0.3, -0.25) is 0 Å². The van der Waals surface area contributed by atoms with Crippen molar-refractivity contribution < 1.29 is 23.1 Å². The van der Waals surface area contributed by atoms with Gasteiger partial charge in [-0.05, 0) is 29.7 Å². The molecule has 0 spiro atoms. The number of carbonyl (C=O) groups is 1. The minimum Gasteiger partial charge on any atom is -0.490 e. The molecule has 192 valence electrons. The van der Waals surface area contributed by atoms with Crippen LogP contribution in [0, 0.1) is 5.41 Å². The number of piperazine rings is 1. The molecule has 2 aliphatic rings. The van der Waals surface area contributed by atoms with Crippen molar-refractivity contribution in [1.82, 2.24) is 14.1 Å². The third kappa shape index (κ3) is 4.01. The molecule has 3 aromatic rings. The fourth-order valence-corrected chi connectivity index (χ4v) is 6.28. The Kier molecular flexibility index (Phi) is 5.77. The van der Waals surface area contributed by atoms with Gasteiger partial charge in [0.1, 0.15) is 12.4 Å². The van der Waals surface area contributed by atoms with Crippen LogP contribution >= 0.6 is 0 Å². The van der Waals surface area contributed by atoms with Gasteiger partial charge < -0.3 is 24.5 Å². The van der Waals surface area contributed by atoms with Crippen LogP contribution in [0.2, 0.25) is 0 Å². The van der Waals surface area contributed by atoms with E-state index in [0.29, 0.717) is 48.7 Å². The van der Waals surface area contributed by atoms with Crippen molar-refractivity contribution in [3.63, 3.8) is 0 Å². The molecule has 1 N–H and O–H groups in total. The van der Waals surface area contributed by atoms with Gasteiger partial charge in [0, 0.05) is 38.1 Å². The van der Waals surface area contributed by atoms with Crippen LogP contribution in [-0.4, -0.2) is 79.6 Å². The Morgan fingerprint density at radius 1 is 1.11 bits per heavy atom. The monoisotopic (exact) mass is 513 g/mol.